The van der Waals surface area contributed by atoms with Gasteiger partial charge in [0.2, 0.25) is 0 Å². The number of anilines is 3. The molecular weight excluding hydrogens is 480 g/mol. The summed E-state index contributed by atoms with van der Waals surface area (Å²) in [4.78, 5) is 31.8. The van der Waals surface area contributed by atoms with Crippen LogP contribution in [0, 0.1) is 25.2 Å². The van der Waals surface area contributed by atoms with Crippen LogP contribution >= 0.6 is 0 Å². The van der Waals surface area contributed by atoms with E-state index in [0.717, 1.165) is 16.6 Å². The monoisotopic (exact) mass is 502 g/mol. The summed E-state index contributed by atoms with van der Waals surface area (Å²) in [6.45, 7) is 6.34. The minimum atomic E-state index is -0.169. The van der Waals surface area contributed by atoms with Gasteiger partial charge in [-0.25, -0.2) is 24.5 Å². The van der Waals surface area contributed by atoms with E-state index in [0.29, 0.717) is 52.8 Å². The van der Waals surface area contributed by atoms with Crippen molar-refractivity contribution in [2.75, 3.05) is 16.8 Å². The number of terminal acetylenes is 1. The number of aryl methyl sites for hydroxylation is 1. The van der Waals surface area contributed by atoms with Crippen LogP contribution in [0.4, 0.5) is 17.3 Å². The lowest BCUT2D eigenvalue weighted by atomic mass is 10.0. The van der Waals surface area contributed by atoms with Crippen LogP contribution in [0.3, 0.4) is 0 Å². The molecule has 1 aliphatic heterocycles. The van der Waals surface area contributed by atoms with Gasteiger partial charge in [0.15, 0.2) is 5.65 Å². The van der Waals surface area contributed by atoms with Crippen molar-refractivity contribution in [2.24, 2.45) is 5.92 Å². The van der Waals surface area contributed by atoms with Crippen molar-refractivity contribution in [3.05, 3.63) is 79.2 Å². The Hall–Kier alpha value is -5.30. The van der Waals surface area contributed by atoms with Crippen molar-refractivity contribution < 1.29 is 9.53 Å². The number of carbonyl (C=O) groups is 1. The summed E-state index contributed by atoms with van der Waals surface area (Å²) in [6, 6.07) is 11.2. The van der Waals surface area contributed by atoms with Gasteiger partial charge in [0, 0.05) is 47.8 Å². The molecule has 0 bridgehead atoms. The molecule has 0 aliphatic carbocycles. The Morgan fingerprint density at radius 1 is 1.16 bits per heavy atom. The van der Waals surface area contributed by atoms with Crippen LogP contribution in [0.5, 0.6) is 11.5 Å². The second kappa shape index (κ2) is 9.29. The maximum atomic E-state index is 12.8. The van der Waals surface area contributed by atoms with Crippen LogP contribution in [0.15, 0.2) is 73.6 Å². The van der Waals surface area contributed by atoms with Gasteiger partial charge < -0.3 is 10.1 Å². The first kappa shape index (κ1) is 23.1. The maximum Gasteiger partial charge on any atom is 0.255 e. The van der Waals surface area contributed by atoms with Gasteiger partial charge in [-0.3, -0.25) is 9.69 Å². The summed E-state index contributed by atoms with van der Waals surface area (Å²) in [5, 5.41) is 8.20. The zero-order valence-electron chi connectivity index (χ0n) is 20.5. The van der Waals surface area contributed by atoms with Crippen molar-refractivity contribution in [1.82, 2.24) is 29.5 Å². The van der Waals surface area contributed by atoms with Crippen LogP contribution in [-0.2, 0) is 4.79 Å². The number of carbonyl (C=O) groups excluding carboxylic acids is 1. The molecule has 1 atom stereocenters. The van der Waals surface area contributed by atoms with E-state index in [2.05, 4.69) is 42.9 Å². The molecule has 0 radical (unpaired) electrons. The Morgan fingerprint density at radius 2 is 2.05 bits per heavy atom. The molecule has 0 saturated carbocycles. The molecule has 38 heavy (non-hydrogen) atoms. The lowest BCUT2D eigenvalue weighted by molar-refractivity contribution is -0.114. The smallest absolute Gasteiger partial charge is 0.255 e. The number of fused-ring (bicyclic) bond motifs is 2. The van der Waals surface area contributed by atoms with E-state index in [1.807, 2.05) is 43.3 Å². The van der Waals surface area contributed by atoms with Crippen LogP contribution in [0.25, 0.3) is 16.6 Å². The zero-order valence-corrected chi connectivity index (χ0v) is 20.5. The van der Waals surface area contributed by atoms with Crippen LogP contribution in [0.2, 0.25) is 0 Å². The minimum absolute atomic E-state index is 0.0865. The molecule has 5 aromatic rings. The molecule has 1 saturated heterocycles. The summed E-state index contributed by atoms with van der Waals surface area (Å²) in [5.41, 5.74) is 3.61. The first-order valence-electron chi connectivity index (χ1n) is 11.9. The Morgan fingerprint density at radius 3 is 2.89 bits per heavy atom. The molecule has 1 amide bonds. The van der Waals surface area contributed by atoms with Crippen LogP contribution < -0.4 is 15.0 Å². The summed E-state index contributed by atoms with van der Waals surface area (Å²) >= 11 is 0. The number of hydrogen-bond donors (Lipinski definition) is 1. The fourth-order valence-corrected chi connectivity index (χ4v) is 4.45. The molecule has 1 N–H and O–H groups in total. The van der Waals surface area contributed by atoms with Crippen molar-refractivity contribution in [3.8, 4) is 23.8 Å². The molecule has 4 aromatic heterocycles. The number of hydrogen-bond acceptors (Lipinski definition) is 8. The summed E-state index contributed by atoms with van der Waals surface area (Å²) in [7, 11) is 0. The van der Waals surface area contributed by atoms with Crippen molar-refractivity contribution >= 4 is 39.8 Å². The van der Waals surface area contributed by atoms with Gasteiger partial charge in [0.1, 0.15) is 35.8 Å². The molecule has 10 heteroatoms. The number of benzene rings is 1. The average molecular weight is 503 g/mol. The fourth-order valence-electron chi connectivity index (χ4n) is 4.45. The van der Waals surface area contributed by atoms with Gasteiger partial charge in [-0.05, 0) is 42.8 Å². The molecule has 1 fully saturated rings. The Bertz CT molecular complexity index is 1770. The van der Waals surface area contributed by atoms with E-state index in [4.69, 9.17) is 11.2 Å². The molecule has 6 rings (SSSR count). The van der Waals surface area contributed by atoms with Gasteiger partial charge in [-0.2, -0.15) is 5.10 Å². The Balaban J connectivity index is 1.26. The third kappa shape index (κ3) is 4.16. The Kier molecular flexibility index (Phi) is 5.65. The molecule has 0 unspecified atom stereocenters. The molecular formula is C28H22N8O2. The predicted octanol–water partition coefficient (Wildman–Crippen LogP) is 4.45. The summed E-state index contributed by atoms with van der Waals surface area (Å²) in [6.07, 6.45) is 12.3. The van der Waals surface area contributed by atoms with Crippen molar-refractivity contribution in [1.29, 1.82) is 0 Å². The van der Waals surface area contributed by atoms with Crippen molar-refractivity contribution in [2.45, 2.75) is 13.3 Å². The van der Waals surface area contributed by atoms with E-state index in [1.54, 1.807) is 21.8 Å². The Labute approximate surface area is 218 Å². The number of ether oxygens (including phenoxy) is 1. The molecule has 186 valence electrons. The van der Waals surface area contributed by atoms with Crippen LogP contribution in [0.1, 0.15) is 12.0 Å². The molecule has 1 aromatic carbocycles. The third-order valence-electron chi connectivity index (χ3n) is 6.48. The first-order valence-corrected chi connectivity index (χ1v) is 11.9. The highest BCUT2D eigenvalue weighted by Crippen LogP contribution is 2.33. The first-order chi connectivity index (χ1) is 18.5. The summed E-state index contributed by atoms with van der Waals surface area (Å²) < 4.78 is 7.75. The van der Waals surface area contributed by atoms with E-state index < -0.39 is 0 Å². The summed E-state index contributed by atoms with van der Waals surface area (Å²) in [5.74, 6) is 4.85. The lowest BCUT2D eigenvalue weighted by Gasteiger charge is -2.16. The second-order valence-corrected chi connectivity index (χ2v) is 8.96. The molecule has 10 nitrogen and oxygen atoms in total. The standard InChI is InChI=1S/C28H22N8O2/c1-4-5-19-14-35(28(37)18(19)3)25-12-22-23(13-29-25)30-15-32-27(22)34-20-6-7-24(17(2)10-20)38-21-8-9-36-26(11-21)31-16-33-36/h1,6-13,15-16,19H,3,5,14H2,2H3,(H,30,32,34)/t19-/m1/s1. The quantitative estimate of drug-likeness (QED) is 0.268. The molecule has 0 spiro atoms. The number of pyridine rings is 2. The predicted molar refractivity (Wildman–Crippen MR) is 143 cm³/mol. The zero-order chi connectivity index (χ0) is 26.2. The van der Waals surface area contributed by atoms with Gasteiger partial charge >= 0.3 is 0 Å². The van der Waals surface area contributed by atoms with E-state index in [-0.39, 0.29) is 11.8 Å². The molecule has 1 aliphatic rings. The fraction of sp³-hybridized carbons (Fsp3) is 0.143. The highest BCUT2D eigenvalue weighted by atomic mass is 16.5. The highest BCUT2D eigenvalue weighted by Gasteiger charge is 2.34. The normalized spacial score (nSPS) is 15.3. The van der Waals surface area contributed by atoms with Crippen LogP contribution in [-0.4, -0.2) is 42.0 Å². The number of rotatable bonds is 6. The SMILES string of the molecule is C#CC[C@@H]1CN(c2cc3c(Nc4ccc(Oc5ccn6ncnc6c5)c(C)c4)ncnc3cn2)C(=O)C1=C. The molecule has 5 heterocycles. The number of nitrogens with zero attached hydrogens (tertiary/aromatic N) is 7. The number of amides is 1. The van der Waals surface area contributed by atoms with Gasteiger partial charge in [-0.1, -0.05) is 6.58 Å². The minimum Gasteiger partial charge on any atom is -0.457 e. The van der Waals surface area contributed by atoms with E-state index in [1.165, 1.54) is 12.7 Å². The third-order valence-corrected chi connectivity index (χ3v) is 6.48. The van der Waals surface area contributed by atoms with Crippen molar-refractivity contribution in [3.63, 3.8) is 0 Å². The number of nitrogens with one attached hydrogen (secondary N) is 1. The largest absolute Gasteiger partial charge is 0.457 e. The second-order valence-electron chi connectivity index (χ2n) is 8.96. The van der Waals surface area contributed by atoms with E-state index >= 15 is 0 Å². The van der Waals surface area contributed by atoms with Gasteiger partial charge in [0.25, 0.3) is 5.91 Å². The van der Waals surface area contributed by atoms with Gasteiger partial charge in [0.05, 0.1) is 11.7 Å². The van der Waals surface area contributed by atoms with Gasteiger partial charge in [-0.15, -0.1) is 12.3 Å². The average Bonchev–Trinajstić information content (AvgIpc) is 3.50. The highest BCUT2D eigenvalue weighted by molar-refractivity contribution is 6.08. The topological polar surface area (TPSA) is 110 Å². The maximum absolute atomic E-state index is 12.8. The van der Waals surface area contributed by atoms with E-state index in [9.17, 15) is 4.79 Å². The lowest BCUT2D eigenvalue weighted by Crippen LogP contribution is -2.25. The number of aromatic nitrogens is 6.